The number of nitrogens with one attached hydrogen (secondary N) is 1. The number of hydrogen-bond donors (Lipinski definition) is 1. The molecule has 0 bridgehead atoms. The lowest BCUT2D eigenvalue weighted by atomic mass is 10.2. The zero-order valence-corrected chi connectivity index (χ0v) is 13.9. The molecule has 2 heterocycles. The van der Waals surface area contributed by atoms with Crippen LogP contribution >= 0.6 is 0 Å². The van der Waals surface area contributed by atoms with Crippen molar-refractivity contribution in [1.82, 2.24) is 15.1 Å². The van der Waals surface area contributed by atoms with E-state index in [2.05, 4.69) is 32.2 Å². The Morgan fingerprint density at radius 3 is 2.44 bits per heavy atom. The minimum Gasteiger partial charge on any atom is -0.353 e. The smallest absolute Gasteiger partial charge is 0.276 e. The topological polar surface area (TPSA) is 61.4 Å². The van der Waals surface area contributed by atoms with E-state index < -0.39 is 17.5 Å². The monoisotopic (exact) mass is 347 g/mol. The molecule has 1 saturated heterocycles. The Kier molecular flexibility index (Phi) is 5.18. The minimum atomic E-state index is -1.02. The summed E-state index contributed by atoms with van der Waals surface area (Å²) in [6, 6.07) is 6.47. The van der Waals surface area contributed by atoms with Crippen molar-refractivity contribution in [3.05, 3.63) is 47.7 Å². The number of likely N-dealkylation sites (N-methyl/N-ethyl adjacent to an activating group) is 1. The predicted octanol–water partition coefficient (Wildman–Crippen LogP) is 2.15. The highest BCUT2D eigenvalue weighted by atomic mass is 19.2. The van der Waals surface area contributed by atoms with Gasteiger partial charge in [-0.25, -0.2) is 8.78 Å². The normalized spacial score (nSPS) is 15.2. The zero-order chi connectivity index (χ0) is 17.8. The number of carbonyl (C=O) groups excluding carboxylic acids is 1. The van der Waals surface area contributed by atoms with E-state index in [4.69, 9.17) is 0 Å². The molecule has 0 saturated carbocycles. The van der Waals surface area contributed by atoms with Crippen LogP contribution in [-0.2, 0) is 0 Å². The third-order valence-electron chi connectivity index (χ3n) is 4.20. The number of nitrogens with zero attached hydrogens (tertiary/aromatic N) is 4. The molecule has 0 aliphatic carbocycles. The first-order valence-corrected chi connectivity index (χ1v) is 8.14. The van der Waals surface area contributed by atoms with E-state index in [1.807, 2.05) is 0 Å². The number of benzene rings is 1. The molecule has 1 aromatic carbocycles. The number of aromatic nitrogens is 2. The number of amides is 1. The number of halogens is 2. The molecule has 1 aliphatic heterocycles. The molecule has 3 rings (SSSR count). The summed E-state index contributed by atoms with van der Waals surface area (Å²) in [5.74, 6) is -1.79. The second-order valence-corrected chi connectivity index (χ2v) is 5.78. The molecule has 0 spiro atoms. The SMILES string of the molecule is CCN1CCN(c2ccc(C(=O)Nc3ccc(F)c(F)c3)nn2)CC1. The molecule has 0 atom stereocenters. The summed E-state index contributed by atoms with van der Waals surface area (Å²) in [5.41, 5.74) is 0.270. The van der Waals surface area contributed by atoms with Crippen LogP contribution in [0, 0.1) is 11.6 Å². The second kappa shape index (κ2) is 7.52. The Morgan fingerprint density at radius 2 is 1.84 bits per heavy atom. The van der Waals surface area contributed by atoms with Crippen molar-refractivity contribution in [2.24, 2.45) is 0 Å². The number of rotatable bonds is 4. The summed E-state index contributed by atoms with van der Waals surface area (Å²) in [6.07, 6.45) is 0. The van der Waals surface area contributed by atoms with Gasteiger partial charge >= 0.3 is 0 Å². The largest absolute Gasteiger partial charge is 0.353 e. The number of carbonyl (C=O) groups is 1. The van der Waals surface area contributed by atoms with Crippen molar-refractivity contribution in [3.63, 3.8) is 0 Å². The van der Waals surface area contributed by atoms with Crippen LogP contribution in [-0.4, -0.2) is 53.7 Å². The maximum Gasteiger partial charge on any atom is 0.276 e. The Morgan fingerprint density at radius 1 is 1.08 bits per heavy atom. The lowest BCUT2D eigenvalue weighted by Crippen LogP contribution is -2.46. The van der Waals surface area contributed by atoms with Gasteiger partial charge in [-0.3, -0.25) is 4.79 Å². The first-order valence-electron chi connectivity index (χ1n) is 8.14. The Hall–Kier alpha value is -2.61. The van der Waals surface area contributed by atoms with Gasteiger partial charge in [0.15, 0.2) is 23.1 Å². The second-order valence-electron chi connectivity index (χ2n) is 5.78. The van der Waals surface area contributed by atoms with Gasteiger partial charge < -0.3 is 15.1 Å². The van der Waals surface area contributed by atoms with Crippen molar-refractivity contribution in [2.75, 3.05) is 42.9 Å². The Labute approximate surface area is 144 Å². The van der Waals surface area contributed by atoms with Gasteiger partial charge in [-0.2, -0.15) is 0 Å². The summed E-state index contributed by atoms with van der Waals surface area (Å²) in [4.78, 5) is 16.6. The third-order valence-corrected chi connectivity index (χ3v) is 4.20. The van der Waals surface area contributed by atoms with E-state index in [0.29, 0.717) is 0 Å². The number of hydrogen-bond acceptors (Lipinski definition) is 5. The van der Waals surface area contributed by atoms with Crippen LogP contribution in [0.4, 0.5) is 20.3 Å². The maximum atomic E-state index is 13.2. The van der Waals surface area contributed by atoms with E-state index in [-0.39, 0.29) is 11.4 Å². The molecule has 132 valence electrons. The lowest BCUT2D eigenvalue weighted by Gasteiger charge is -2.34. The zero-order valence-electron chi connectivity index (χ0n) is 13.9. The molecular formula is C17H19F2N5O. The van der Waals surface area contributed by atoms with Crippen molar-refractivity contribution in [2.45, 2.75) is 6.92 Å². The fraction of sp³-hybridized carbons (Fsp3) is 0.353. The van der Waals surface area contributed by atoms with Crippen molar-refractivity contribution in [3.8, 4) is 0 Å². The highest BCUT2D eigenvalue weighted by Gasteiger charge is 2.18. The van der Waals surface area contributed by atoms with Crippen LogP contribution in [0.15, 0.2) is 30.3 Å². The van der Waals surface area contributed by atoms with Crippen LogP contribution in [0.1, 0.15) is 17.4 Å². The van der Waals surface area contributed by atoms with Gasteiger partial charge in [0.1, 0.15) is 0 Å². The number of anilines is 2. The summed E-state index contributed by atoms with van der Waals surface area (Å²) in [7, 11) is 0. The van der Waals surface area contributed by atoms with Crippen LogP contribution < -0.4 is 10.2 Å². The summed E-state index contributed by atoms with van der Waals surface area (Å²) < 4.78 is 26.1. The van der Waals surface area contributed by atoms with Crippen molar-refractivity contribution in [1.29, 1.82) is 0 Å². The van der Waals surface area contributed by atoms with Gasteiger partial charge in [0, 0.05) is 37.9 Å². The van der Waals surface area contributed by atoms with Gasteiger partial charge in [-0.15, -0.1) is 10.2 Å². The summed E-state index contributed by atoms with van der Waals surface area (Å²) in [5, 5.41) is 10.5. The third kappa shape index (κ3) is 4.08. The molecule has 25 heavy (non-hydrogen) atoms. The quantitative estimate of drug-likeness (QED) is 0.918. The molecular weight excluding hydrogens is 328 g/mol. The summed E-state index contributed by atoms with van der Waals surface area (Å²) >= 11 is 0. The van der Waals surface area contributed by atoms with Crippen LogP contribution in [0.2, 0.25) is 0 Å². The molecule has 2 aromatic rings. The van der Waals surface area contributed by atoms with Crippen molar-refractivity contribution < 1.29 is 13.6 Å². The minimum absolute atomic E-state index is 0.112. The van der Waals surface area contributed by atoms with E-state index in [0.717, 1.165) is 50.7 Å². The molecule has 1 aromatic heterocycles. The molecule has 0 radical (unpaired) electrons. The molecule has 1 N–H and O–H groups in total. The molecule has 1 fully saturated rings. The number of piperazine rings is 1. The average Bonchev–Trinajstić information content (AvgIpc) is 2.65. The standard InChI is InChI=1S/C17H19F2N5O/c1-2-23-7-9-24(10-8-23)16-6-5-15(21-22-16)17(25)20-12-3-4-13(18)14(19)11-12/h3-6,11H,2,7-10H2,1H3,(H,20,25). The molecule has 1 aliphatic rings. The molecule has 1 amide bonds. The van der Waals surface area contributed by atoms with Crippen LogP contribution in [0.3, 0.4) is 0 Å². The van der Waals surface area contributed by atoms with Gasteiger partial charge in [0.25, 0.3) is 5.91 Å². The first kappa shape index (κ1) is 17.2. The Balaban J connectivity index is 1.63. The fourth-order valence-corrected chi connectivity index (χ4v) is 2.68. The molecule has 6 nitrogen and oxygen atoms in total. The Bertz CT molecular complexity index is 745. The van der Waals surface area contributed by atoms with Gasteiger partial charge in [0.05, 0.1) is 0 Å². The molecule has 0 unspecified atom stereocenters. The van der Waals surface area contributed by atoms with Crippen LogP contribution in [0.5, 0.6) is 0 Å². The van der Waals surface area contributed by atoms with Crippen molar-refractivity contribution >= 4 is 17.4 Å². The van der Waals surface area contributed by atoms with E-state index in [1.165, 1.54) is 6.07 Å². The van der Waals surface area contributed by atoms with Gasteiger partial charge in [0.2, 0.25) is 0 Å². The van der Waals surface area contributed by atoms with Gasteiger partial charge in [-0.05, 0) is 30.8 Å². The van der Waals surface area contributed by atoms with E-state index in [1.54, 1.807) is 12.1 Å². The first-order chi connectivity index (χ1) is 12.1. The van der Waals surface area contributed by atoms with Gasteiger partial charge in [-0.1, -0.05) is 6.92 Å². The lowest BCUT2D eigenvalue weighted by molar-refractivity contribution is 0.102. The average molecular weight is 347 g/mol. The molecule has 8 heteroatoms. The fourth-order valence-electron chi connectivity index (χ4n) is 2.68. The highest BCUT2D eigenvalue weighted by Crippen LogP contribution is 2.15. The summed E-state index contributed by atoms with van der Waals surface area (Å²) in [6.45, 7) is 6.83. The predicted molar refractivity (Wildman–Crippen MR) is 90.7 cm³/mol. The van der Waals surface area contributed by atoms with Crippen LogP contribution in [0.25, 0.3) is 0 Å². The van der Waals surface area contributed by atoms with E-state index in [9.17, 15) is 13.6 Å². The highest BCUT2D eigenvalue weighted by molar-refractivity contribution is 6.02. The van der Waals surface area contributed by atoms with E-state index >= 15 is 0 Å². The maximum absolute atomic E-state index is 13.2.